The summed E-state index contributed by atoms with van der Waals surface area (Å²) in [6, 6.07) is 2.10. The minimum atomic E-state index is 0.275. The normalized spacial score (nSPS) is 11.2. The molecule has 0 N–H and O–H groups in total. The standard InChI is InChI=1S/C11H13N3O/c1-7(2)14-11-9(5-12-14)4-10(6-15)8(3)13-11/h4-7H,1-3H3. The zero-order valence-electron chi connectivity index (χ0n) is 9.06. The summed E-state index contributed by atoms with van der Waals surface area (Å²) in [5.74, 6) is 0. The van der Waals surface area contributed by atoms with E-state index in [-0.39, 0.29) is 6.04 Å². The molecule has 0 fully saturated rings. The van der Waals surface area contributed by atoms with E-state index in [2.05, 4.69) is 23.9 Å². The molecule has 78 valence electrons. The van der Waals surface area contributed by atoms with Crippen molar-refractivity contribution in [2.24, 2.45) is 0 Å². The minimum absolute atomic E-state index is 0.275. The third-order valence-corrected chi connectivity index (χ3v) is 2.41. The molecule has 2 aromatic heterocycles. The Kier molecular flexibility index (Phi) is 2.26. The lowest BCUT2D eigenvalue weighted by Crippen LogP contribution is -2.04. The number of aldehydes is 1. The summed E-state index contributed by atoms with van der Waals surface area (Å²) in [5.41, 5.74) is 2.22. The smallest absolute Gasteiger partial charge is 0.158 e. The highest BCUT2D eigenvalue weighted by Gasteiger charge is 2.09. The van der Waals surface area contributed by atoms with E-state index in [1.54, 1.807) is 6.20 Å². The summed E-state index contributed by atoms with van der Waals surface area (Å²) in [4.78, 5) is 15.1. The maximum Gasteiger partial charge on any atom is 0.158 e. The molecule has 2 aromatic rings. The Bertz CT molecular complexity index is 514. The van der Waals surface area contributed by atoms with Crippen LogP contribution < -0.4 is 0 Å². The second-order valence-electron chi connectivity index (χ2n) is 3.88. The Labute approximate surface area is 87.9 Å². The van der Waals surface area contributed by atoms with Crippen molar-refractivity contribution in [1.82, 2.24) is 14.8 Å². The van der Waals surface area contributed by atoms with Crippen molar-refractivity contribution in [3.63, 3.8) is 0 Å². The van der Waals surface area contributed by atoms with Gasteiger partial charge in [0, 0.05) is 17.0 Å². The van der Waals surface area contributed by atoms with Crippen molar-refractivity contribution in [2.75, 3.05) is 0 Å². The average Bonchev–Trinajstić information content (AvgIpc) is 2.59. The number of aromatic nitrogens is 3. The molecular formula is C11H13N3O. The zero-order valence-corrected chi connectivity index (χ0v) is 9.06. The van der Waals surface area contributed by atoms with Gasteiger partial charge in [-0.3, -0.25) is 4.79 Å². The molecule has 0 bridgehead atoms. The Balaban J connectivity index is 2.73. The molecule has 0 unspecified atom stereocenters. The van der Waals surface area contributed by atoms with Crippen LogP contribution in [-0.2, 0) is 0 Å². The molecule has 0 aliphatic rings. The molecule has 2 rings (SSSR count). The number of hydrogen-bond donors (Lipinski definition) is 0. The molecule has 0 saturated heterocycles. The molecule has 0 radical (unpaired) electrons. The average molecular weight is 203 g/mol. The molecule has 0 spiro atoms. The highest BCUT2D eigenvalue weighted by atomic mass is 16.1. The molecule has 15 heavy (non-hydrogen) atoms. The Morgan fingerprint density at radius 3 is 2.80 bits per heavy atom. The molecule has 0 saturated carbocycles. The number of hydrogen-bond acceptors (Lipinski definition) is 3. The first-order chi connectivity index (χ1) is 7.13. The third kappa shape index (κ3) is 1.52. The molecule has 0 atom stereocenters. The van der Waals surface area contributed by atoms with Crippen molar-refractivity contribution >= 4 is 17.3 Å². The van der Waals surface area contributed by atoms with Gasteiger partial charge in [0.15, 0.2) is 11.9 Å². The van der Waals surface area contributed by atoms with Gasteiger partial charge in [0.25, 0.3) is 0 Å². The minimum Gasteiger partial charge on any atom is -0.298 e. The largest absolute Gasteiger partial charge is 0.298 e. The summed E-state index contributed by atoms with van der Waals surface area (Å²) in [6.07, 6.45) is 2.57. The van der Waals surface area contributed by atoms with E-state index in [0.717, 1.165) is 23.0 Å². The van der Waals surface area contributed by atoms with E-state index in [1.165, 1.54) is 0 Å². The van der Waals surface area contributed by atoms with Gasteiger partial charge in [-0.15, -0.1) is 0 Å². The topological polar surface area (TPSA) is 47.8 Å². The van der Waals surface area contributed by atoms with Gasteiger partial charge in [-0.25, -0.2) is 9.67 Å². The Morgan fingerprint density at radius 2 is 2.20 bits per heavy atom. The van der Waals surface area contributed by atoms with Crippen molar-refractivity contribution in [2.45, 2.75) is 26.8 Å². The maximum atomic E-state index is 10.7. The predicted molar refractivity (Wildman–Crippen MR) is 58.0 cm³/mol. The van der Waals surface area contributed by atoms with Crippen molar-refractivity contribution in [1.29, 1.82) is 0 Å². The summed E-state index contributed by atoms with van der Waals surface area (Å²) in [6.45, 7) is 5.94. The lowest BCUT2D eigenvalue weighted by molar-refractivity contribution is 0.112. The van der Waals surface area contributed by atoms with Gasteiger partial charge in [-0.1, -0.05) is 0 Å². The highest BCUT2D eigenvalue weighted by Crippen LogP contribution is 2.17. The van der Waals surface area contributed by atoms with Gasteiger partial charge >= 0.3 is 0 Å². The van der Waals surface area contributed by atoms with Crippen LogP contribution in [0.2, 0.25) is 0 Å². The van der Waals surface area contributed by atoms with E-state index < -0.39 is 0 Å². The van der Waals surface area contributed by atoms with E-state index >= 15 is 0 Å². The SMILES string of the molecule is Cc1nc2c(cnn2C(C)C)cc1C=O. The second-order valence-corrected chi connectivity index (χ2v) is 3.88. The lowest BCUT2D eigenvalue weighted by atomic mass is 10.2. The van der Waals surface area contributed by atoms with Crippen LogP contribution in [0, 0.1) is 6.92 Å². The van der Waals surface area contributed by atoms with Crippen molar-refractivity contribution in [3.05, 3.63) is 23.5 Å². The molecule has 4 nitrogen and oxygen atoms in total. The van der Waals surface area contributed by atoms with Gasteiger partial charge in [0.05, 0.1) is 11.9 Å². The van der Waals surface area contributed by atoms with Gasteiger partial charge in [0.1, 0.15) is 0 Å². The lowest BCUT2D eigenvalue weighted by Gasteiger charge is -2.06. The van der Waals surface area contributed by atoms with Crippen molar-refractivity contribution < 1.29 is 4.79 Å². The van der Waals surface area contributed by atoms with E-state index in [4.69, 9.17) is 0 Å². The molecule has 0 aromatic carbocycles. The van der Waals surface area contributed by atoms with E-state index in [0.29, 0.717) is 5.56 Å². The third-order valence-electron chi connectivity index (χ3n) is 2.41. The molecular weight excluding hydrogens is 190 g/mol. The summed E-state index contributed by atoms with van der Waals surface area (Å²) < 4.78 is 1.86. The molecule has 0 amide bonds. The fraction of sp³-hybridized carbons (Fsp3) is 0.364. The quantitative estimate of drug-likeness (QED) is 0.702. The number of aryl methyl sites for hydroxylation is 1. The predicted octanol–water partition coefficient (Wildman–Crippen LogP) is 2.13. The fourth-order valence-corrected chi connectivity index (χ4v) is 1.58. The molecule has 4 heteroatoms. The van der Waals surface area contributed by atoms with E-state index in [9.17, 15) is 4.79 Å². The zero-order chi connectivity index (χ0) is 11.0. The number of nitrogens with zero attached hydrogens (tertiary/aromatic N) is 3. The highest BCUT2D eigenvalue weighted by molar-refractivity contribution is 5.85. The maximum absolute atomic E-state index is 10.7. The molecule has 0 aliphatic carbocycles. The Hall–Kier alpha value is -1.71. The number of carbonyl (C=O) groups is 1. The van der Waals surface area contributed by atoms with Crippen molar-refractivity contribution in [3.8, 4) is 0 Å². The monoisotopic (exact) mass is 203 g/mol. The first kappa shape index (κ1) is 9.83. The van der Waals surface area contributed by atoms with Gasteiger partial charge in [-0.2, -0.15) is 5.10 Å². The van der Waals surface area contributed by atoms with Crippen LogP contribution in [0.5, 0.6) is 0 Å². The summed E-state index contributed by atoms with van der Waals surface area (Å²) in [7, 11) is 0. The van der Waals surface area contributed by atoms with E-state index in [1.807, 2.05) is 17.7 Å². The van der Waals surface area contributed by atoms with Crippen LogP contribution in [0.1, 0.15) is 35.9 Å². The van der Waals surface area contributed by atoms with Crippen LogP contribution in [0.3, 0.4) is 0 Å². The summed E-state index contributed by atoms with van der Waals surface area (Å²) in [5, 5.41) is 5.16. The number of fused-ring (bicyclic) bond motifs is 1. The molecule has 0 aliphatic heterocycles. The van der Waals surface area contributed by atoms with Gasteiger partial charge < -0.3 is 0 Å². The van der Waals surface area contributed by atoms with Crippen LogP contribution >= 0.6 is 0 Å². The summed E-state index contributed by atoms with van der Waals surface area (Å²) >= 11 is 0. The van der Waals surface area contributed by atoms with Gasteiger partial charge in [-0.05, 0) is 26.8 Å². The first-order valence-corrected chi connectivity index (χ1v) is 4.93. The number of rotatable bonds is 2. The van der Waals surface area contributed by atoms with Gasteiger partial charge in [0.2, 0.25) is 0 Å². The number of pyridine rings is 1. The van der Waals surface area contributed by atoms with Crippen LogP contribution in [0.4, 0.5) is 0 Å². The van der Waals surface area contributed by atoms with Crippen LogP contribution in [-0.4, -0.2) is 21.1 Å². The second kappa shape index (κ2) is 3.46. The Morgan fingerprint density at radius 1 is 1.47 bits per heavy atom. The first-order valence-electron chi connectivity index (χ1n) is 4.93. The van der Waals surface area contributed by atoms with Crippen LogP contribution in [0.15, 0.2) is 12.3 Å². The fourth-order valence-electron chi connectivity index (χ4n) is 1.58. The molecule has 2 heterocycles. The van der Waals surface area contributed by atoms with Crippen LogP contribution in [0.25, 0.3) is 11.0 Å². The number of carbonyl (C=O) groups excluding carboxylic acids is 1.